The van der Waals surface area contributed by atoms with E-state index < -0.39 is 0 Å². The van der Waals surface area contributed by atoms with E-state index in [2.05, 4.69) is 5.32 Å². The number of aliphatic hydroxyl groups excluding tert-OH is 1. The van der Waals surface area contributed by atoms with E-state index in [0.717, 1.165) is 10.6 Å². The molecule has 0 aliphatic heterocycles. The lowest BCUT2D eigenvalue weighted by Gasteiger charge is -2.04. The Bertz CT molecular complexity index is 243. The average molecular weight is 222 g/mol. The summed E-state index contributed by atoms with van der Waals surface area (Å²) in [6, 6.07) is 7.67. The molecular formula is C9H13Cl2NO. The van der Waals surface area contributed by atoms with Gasteiger partial charge < -0.3 is 10.4 Å². The Morgan fingerprint density at radius 2 is 2.00 bits per heavy atom. The molecule has 2 nitrogen and oxygen atoms in total. The molecule has 0 spiro atoms. The molecule has 13 heavy (non-hydrogen) atoms. The zero-order valence-corrected chi connectivity index (χ0v) is 8.74. The van der Waals surface area contributed by atoms with Crippen molar-refractivity contribution in [2.45, 2.75) is 6.54 Å². The normalized spacial score (nSPS) is 9.38. The molecular weight excluding hydrogens is 209 g/mol. The second kappa shape index (κ2) is 7.15. The largest absolute Gasteiger partial charge is 0.395 e. The van der Waals surface area contributed by atoms with Gasteiger partial charge >= 0.3 is 0 Å². The molecule has 0 heterocycles. The number of benzene rings is 1. The van der Waals surface area contributed by atoms with Crippen molar-refractivity contribution in [2.75, 3.05) is 13.2 Å². The summed E-state index contributed by atoms with van der Waals surface area (Å²) in [7, 11) is 0. The minimum atomic E-state index is 0. The van der Waals surface area contributed by atoms with Crippen LogP contribution in [0, 0.1) is 0 Å². The maximum absolute atomic E-state index is 8.52. The smallest absolute Gasteiger partial charge is 0.0556 e. The van der Waals surface area contributed by atoms with Gasteiger partial charge in [-0.2, -0.15) is 0 Å². The minimum absolute atomic E-state index is 0. The number of halogens is 2. The van der Waals surface area contributed by atoms with Crippen molar-refractivity contribution in [3.8, 4) is 0 Å². The fourth-order valence-corrected chi connectivity index (χ4v) is 1.15. The van der Waals surface area contributed by atoms with Gasteiger partial charge in [0.15, 0.2) is 0 Å². The van der Waals surface area contributed by atoms with Crippen LogP contribution in [-0.4, -0.2) is 18.3 Å². The minimum Gasteiger partial charge on any atom is -0.395 e. The van der Waals surface area contributed by atoms with Crippen LogP contribution in [0.2, 0.25) is 5.02 Å². The maximum atomic E-state index is 8.52. The predicted octanol–water partition coefficient (Wildman–Crippen LogP) is 1.84. The summed E-state index contributed by atoms with van der Waals surface area (Å²) in [6.07, 6.45) is 0. The summed E-state index contributed by atoms with van der Waals surface area (Å²) < 4.78 is 0. The third-order valence-electron chi connectivity index (χ3n) is 1.56. The molecule has 0 atom stereocenters. The summed E-state index contributed by atoms with van der Waals surface area (Å²) in [6.45, 7) is 1.47. The van der Waals surface area contributed by atoms with Crippen LogP contribution in [0.15, 0.2) is 24.3 Å². The van der Waals surface area contributed by atoms with E-state index >= 15 is 0 Å². The van der Waals surface area contributed by atoms with Crippen LogP contribution in [0.25, 0.3) is 0 Å². The standard InChI is InChI=1S/C9H12ClNO.ClH/c10-9-4-2-1-3-8(9)7-11-5-6-12;/h1-4,11-12H,5-7H2;1H. The molecule has 0 saturated heterocycles. The molecule has 4 heteroatoms. The van der Waals surface area contributed by atoms with Gasteiger partial charge in [0.1, 0.15) is 0 Å². The van der Waals surface area contributed by atoms with Crippen molar-refractivity contribution in [3.05, 3.63) is 34.9 Å². The third-order valence-corrected chi connectivity index (χ3v) is 1.93. The van der Waals surface area contributed by atoms with Gasteiger partial charge in [-0.1, -0.05) is 29.8 Å². The van der Waals surface area contributed by atoms with Crippen LogP contribution in [0.1, 0.15) is 5.56 Å². The highest BCUT2D eigenvalue weighted by Gasteiger charge is 1.96. The monoisotopic (exact) mass is 221 g/mol. The fourth-order valence-electron chi connectivity index (χ4n) is 0.944. The van der Waals surface area contributed by atoms with Crippen LogP contribution in [0.3, 0.4) is 0 Å². The molecule has 0 radical (unpaired) electrons. The average Bonchev–Trinajstić information content (AvgIpc) is 2.09. The van der Waals surface area contributed by atoms with Crippen LogP contribution in [0.5, 0.6) is 0 Å². The van der Waals surface area contributed by atoms with Gasteiger partial charge in [-0.15, -0.1) is 12.4 Å². The van der Waals surface area contributed by atoms with E-state index in [1.807, 2.05) is 24.3 Å². The SMILES string of the molecule is Cl.OCCNCc1ccccc1Cl. The molecule has 0 aromatic heterocycles. The zero-order chi connectivity index (χ0) is 8.81. The summed E-state index contributed by atoms with van der Waals surface area (Å²) in [5, 5.41) is 12.3. The number of hydrogen-bond donors (Lipinski definition) is 2. The topological polar surface area (TPSA) is 32.3 Å². The van der Waals surface area contributed by atoms with Crippen molar-refractivity contribution >= 4 is 24.0 Å². The number of hydrogen-bond acceptors (Lipinski definition) is 2. The van der Waals surface area contributed by atoms with Gasteiger partial charge in [0.2, 0.25) is 0 Å². The summed E-state index contributed by atoms with van der Waals surface area (Å²) in [5.74, 6) is 0. The maximum Gasteiger partial charge on any atom is 0.0556 e. The van der Waals surface area contributed by atoms with Crippen LogP contribution in [-0.2, 0) is 6.54 Å². The molecule has 1 rings (SSSR count). The number of aliphatic hydroxyl groups is 1. The fraction of sp³-hybridized carbons (Fsp3) is 0.333. The van der Waals surface area contributed by atoms with E-state index in [-0.39, 0.29) is 19.0 Å². The Balaban J connectivity index is 0.00000144. The Morgan fingerprint density at radius 1 is 1.31 bits per heavy atom. The number of rotatable bonds is 4. The first-order valence-electron chi connectivity index (χ1n) is 3.89. The van der Waals surface area contributed by atoms with Gasteiger partial charge in [-0.3, -0.25) is 0 Å². The quantitative estimate of drug-likeness (QED) is 0.762. The van der Waals surface area contributed by atoms with E-state index in [4.69, 9.17) is 16.7 Å². The van der Waals surface area contributed by atoms with Crippen molar-refractivity contribution in [1.82, 2.24) is 5.32 Å². The Labute approximate surface area is 89.3 Å². The first-order chi connectivity index (χ1) is 5.84. The second-order valence-corrected chi connectivity index (χ2v) is 2.90. The van der Waals surface area contributed by atoms with Crippen LogP contribution in [0.4, 0.5) is 0 Å². The molecule has 1 aromatic carbocycles. The first-order valence-corrected chi connectivity index (χ1v) is 4.27. The highest BCUT2D eigenvalue weighted by molar-refractivity contribution is 6.31. The first kappa shape index (κ1) is 12.7. The Hall–Kier alpha value is -0.280. The number of nitrogens with one attached hydrogen (secondary N) is 1. The summed E-state index contributed by atoms with van der Waals surface area (Å²) in [5.41, 5.74) is 1.06. The predicted molar refractivity (Wildman–Crippen MR) is 57.5 cm³/mol. The second-order valence-electron chi connectivity index (χ2n) is 2.49. The van der Waals surface area contributed by atoms with Crippen molar-refractivity contribution in [1.29, 1.82) is 0 Å². The lowest BCUT2D eigenvalue weighted by Crippen LogP contribution is -2.17. The molecule has 0 bridgehead atoms. The molecule has 0 unspecified atom stereocenters. The van der Waals surface area contributed by atoms with Crippen molar-refractivity contribution in [2.24, 2.45) is 0 Å². The molecule has 0 fully saturated rings. The molecule has 0 aliphatic rings. The molecule has 0 saturated carbocycles. The highest BCUT2D eigenvalue weighted by atomic mass is 35.5. The lowest BCUT2D eigenvalue weighted by molar-refractivity contribution is 0.292. The van der Waals surface area contributed by atoms with Gasteiger partial charge in [-0.25, -0.2) is 0 Å². The molecule has 74 valence electrons. The van der Waals surface area contributed by atoms with E-state index in [1.165, 1.54) is 0 Å². The Kier molecular flexibility index (Phi) is 7.00. The van der Waals surface area contributed by atoms with E-state index in [9.17, 15) is 0 Å². The molecule has 1 aromatic rings. The van der Waals surface area contributed by atoms with Crippen LogP contribution < -0.4 is 5.32 Å². The van der Waals surface area contributed by atoms with Crippen molar-refractivity contribution in [3.63, 3.8) is 0 Å². The molecule has 2 N–H and O–H groups in total. The van der Waals surface area contributed by atoms with E-state index in [0.29, 0.717) is 13.1 Å². The van der Waals surface area contributed by atoms with E-state index in [1.54, 1.807) is 0 Å². The van der Waals surface area contributed by atoms with Crippen molar-refractivity contribution < 1.29 is 5.11 Å². The van der Waals surface area contributed by atoms with Gasteiger partial charge in [0.05, 0.1) is 6.61 Å². The third kappa shape index (κ3) is 4.48. The highest BCUT2D eigenvalue weighted by Crippen LogP contribution is 2.13. The molecule has 0 aliphatic carbocycles. The Morgan fingerprint density at radius 3 is 2.62 bits per heavy atom. The zero-order valence-electron chi connectivity index (χ0n) is 7.16. The molecule has 0 amide bonds. The van der Waals surface area contributed by atoms with Gasteiger partial charge in [0.25, 0.3) is 0 Å². The summed E-state index contributed by atoms with van der Waals surface area (Å²) >= 11 is 5.90. The van der Waals surface area contributed by atoms with Gasteiger partial charge in [0, 0.05) is 18.1 Å². The lowest BCUT2D eigenvalue weighted by atomic mass is 10.2. The van der Waals surface area contributed by atoms with Gasteiger partial charge in [-0.05, 0) is 11.6 Å². The van der Waals surface area contributed by atoms with Crippen LogP contribution >= 0.6 is 24.0 Å². The summed E-state index contributed by atoms with van der Waals surface area (Å²) in [4.78, 5) is 0.